The van der Waals surface area contributed by atoms with E-state index in [2.05, 4.69) is 16.0 Å². The van der Waals surface area contributed by atoms with Gasteiger partial charge in [0, 0.05) is 13.2 Å². The number of hydrogen-bond donors (Lipinski definition) is 4. The second kappa shape index (κ2) is 15.9. The van der Waals surface area contributed by atoms with Crippen molar-refractivity contribution in [3.05, 3.63) is 0 Å². The zero-order valence-electron chi connectivity index (χ0n) is 21.7. The van der Waals surface area contributed by atoms with E-state index >= 15 is 0 Å². The lowest BCUT2D eigenvalue weighted by atomic mass is 9.74. The van der Waals surface area contributed by atoms with Crippen molar-refractivity contribution in [2.45, 2.75) is 98.3 Å². The molecule has 0 heterocycles. The zero-order chi connectivity index (χ0) is 25.6. The smallest absolute Gasteiger partial charge is 0.444 e. The van der Waals surface area contributed by atoms with Crippen LogP contribution < -0.4 is 21.7 Å². The first-order valence-corrected chi connectivity index (χ1v) is 11.9. The van der Waals surface area contributed by atoms with E-state index in [-0.39, 0.29) is 17.8 Å². The number of alkyl carbamates (subject to hydrolysis) is 1. The van der Waals surface area contributed by atoms with Crippen LogP contribution in [0.25, 0.3) is 0 Å². The van der Waals surface area contributed by atoms with Crippen molar-refractivity contribution in [1.82, 2.24) is 16.0 Å². The number of unbranched alkanes of at least 4 members (excludes halogenated alkanes) is 1. The molecule has 0 aliphatic heterocycles. The number of rotatable bonds is 15. The highest BCUT2D eigenvalue weighted by Gasteiger charge is 2.34. The van der Waals surface area contributed by atoms with Crippen molar-refractivity contribution in [3.8, 4) is 0 Å². The van der Waals surface area contributed by atoms with Gasteiger partial charge in [0.2, 0.25) is 11.8 Å². The molecular formula is C22H45BN4O6. The summed E-state index contributed by atoms with van der Waals surface area (Å²) in [6.45, 7) is 15.6. The largest absolute Gasteiger partial charge is 0.480 e. The molecule has 33 heavy (non-hydrogen) atoms. The summed E-state index contributed by atoms with van der Waals surface area (Å²) in [4.78, 5) is 37.8. The normalized spacial score (nSPS) is 14.2. The maximum Gasteiger partial charge on any atom is 0.480 e. The minimum atomic E-state index is -0.881. The van der Waals surface area contributed by atoms with Crippen LogP contribution in [-0.2, 0) is 23.6 Å². The Balaban J connectivity index is 5.26. The van der Waals surface area contributed by atoms with Crippen LogP contribution in [0, 0.1) is 5.92 Å². The fourth-order valence-corrected chi connectivity index (χ4v) is 3.03. The predicted molar refractivity (Wildman–Crippen MR) is 129 cm³/mol. The van der Waals surface area contributed by atoms with Crippen molar-refractivity contribution in [3.63, 3.8) is 0 Å². The summed E-state index contributed by atoms with van der Waals surface area (Å²) in [5.74, 6) is -1.41. The quantitative estimate of drug-likeness (QED) is 0.210. The van der Waals surface area contributed by atoms with Crippen LogP contribution in [0.1, 0.15) is 74.7 Å². The maximum absolute atomic E-state index is 13.1. The minimum absolute atomic E-state index is 0.190. The lowest BCUT2D eigenvalue weighted by molar-refractivity contribution is -0.131. The van der Waals surface area contributed by atoms with Crippen LogP contribution in [0.15, 0.2) is 0 Å². The molecule has 0 aromatic carbocycles. The Morgan fingerprint density at radius 2 is 1.48 bits per heavy atom. The maximum atomic E-state index is 13.1. The topological polar surface area (TPSA) is 141 Å². The van der Waals surface area contributed by atoms with Gasteiger partial charge in [-0.25, -0.2) is 4.79 Å². The Morgan fingerprint density at radius 1 is 0.909 bits per heavy atom. The predicted octanol–water partition coefficient (Wildman–Crippen LogP) is 1.75. The van der Waals surface area contributed by atoms with E-state index in [1.54, 1.807) is 20.8 Å². The van der Waals surface area contributed by atoms with E-state index in [9.17, 15) is 14.4 Å². The molecule has 0 rings (SSSR count). The van der Waals surface area contributed by atoms with E-state index in [1.807, 2.05) is 27.7 Å². The summed E-state index contributed by atoms with van der Waals surface area (Å²) in [5, 5.41) is 8.21. The van der Waals surface area contributed by atoms with Gasteiger partial charge < -0.3 is 35.7 Å². The molecule has 0 bridgehead atoms. The number of hydrogen-bond acceptors (Lipinski definition) is 7. The Hall–Kier alpha value is -1.85. The second-order valence-electron chi connectivity index (χ2n) is 9.28. The molecule has 5 N–H and O–H groups in total. The van der Waals surface area contributed by atoms with Crippen LogP contribution in [0.3, 0.4) is 0 Å². The van der Waals surface area contributed by atoms with Crippen LogP contribution in [0.5, 0.6) is 0 Å². The number of carbonyl (C=O) groups excluding carboxylic acids is 3. The highest BCUT2D eigenvalue weighted by molar-refractivity contribution is 6.47. The molecule has 10 nitrogen and oxygen atoms in total. The molecule has 0 spiro atoms. The molecule has 0 aromatic heterocycles. The summed E-state index contributed by atoms with van der Waals surface area (Å²) >= 11 is 0. The molecule has 0 aliphatic rings. The fraction of sp³-hybridized carbons (Fsp3) is 0.864. The number of carbonyl (C=O) groups is 3. The molecular weight excluding hydrogens is 427 g/mol. The van der Waals surface area contributed by atoms with Gasteiger partial charge in [0.15, 0.2) is 0 Å². The Bertz CT molecular complexity index is 594. The van der Waals surface area contributed by atoms with Gasteiger partial charge in [0.1, 0.15) is 17.7 Å². The third-order valence-corrected chi connectivity index (χ3v) is 4.66. The second-order valence-corrected chi connectivity index (χ2v) is 9.28. The van der Waals surface area contributed by atoms with E-state index < -0.39 is 36.8 Å². The van der Waals surface area contributed by atoms with Gasteiger partial charge in [0.05, 0.1) is 5.94 Å². The lowest BCUT2D eigenvalue weighted by Gasteiger charge is -2.29. The highest BCUT2D eigenvalue weighted by atomic mass is 16.6. The number of ether oxygens (including phenoxy) is 1. The SMILES string of the molecule is CCOB(OCC)C(CCCCN)NC(=O)C(NC(=O)C(C)NC(=O)OC(C)(C)C)C(C)C. The van der Waals surface area contributed by atoms with Crippen molar-refractivity contribution < 1.29 is 28.4 Å². The van der Waals surface area contributed by atoms with Gasteiger partial charge >= 0.3 is 13.2 Å². The van der Waals surface area contributed by atoms with Gasteiger partial charge in [-0.1, -0.05) is 20.3 Å². The third kappa shape index (κ3) is 13.5. The van der Waals surface area contributed by atoms with Gasteiger partial charge in [0.25, 0.3) is 0 Å². The Kier molecular flexibility index (Phi) is 15.0. The van der Waals surface area contributed by atoms with Crippen molar-refractivity contribution >= 4 is 25.0 Å². The molecule has 0 fully saturated rings. The molecule has 3 atom stereocenters. The van der Waals surface area contributed by atoms with Crippen LogP contribution in [-0.4, -0.2) is 68.4 Å². The van der Waals surface area contributed by atoms with Gasteiger partial charge in [-0.2, -0.15) is 0 Å². The monoisotopic (exact) mass is 472 g/mol. The van der Waals surface area contributed by atoms with Gasteiger partial charge in [-0.05, 0) is 66.8 Å². The third-order valence-electron chi connectivity index (χ3n) is 4.66. The molecule has 192 valence electrons. The first kappa shape index (κ1) is 31.2. The first-order chi connectivity index (χ1) is 15.4. The zero-order valence-corrected chi connectivity index (χ0v) is 21.7. The average molecular weight is 472 g/mol. The standard InChI is InChI=1S/C22H45BN4O6/c1-9-31-23(32-10-2)17(13-11-12-14-24)26-20(29)18(15(3)4)27-19(28)16(5)25-21(30)33-22(6,7)8/h15-18H,9-14,24H2,1-8H3,(H,25,30)(H,26,29)(H,27,28). The molecule has 3 unspecified atom stereocenters. The molecule has 0 aromatic rings. The average Bonchev–Trinajstić information content (AvgIpc) is 2.69. The Morgan fingerprint density at radius 3 is 1.94 bits per heavy atom. The molecule has 0 saturated carbocycles. The van der Waals surface area contributed by atoms with Gasteiger partial charge in [-0.3, -0.25) is 9.59 Å². The minimum Gasteiger partial charge on any atom is -0.444 e. The first-order valence-electron chi connectivity index (χ1n) is 11.9. The summed E-state index contributed by atoms with van der Waals surface area (Å²) in [6.07, 6.45) is 1.54. The van der Waals surface area contributed by atoms with Gasteiger partial charge in [-0.15, -0.1) is 0 Å². The van der Waals surface area contributed by atoms with Crippen LogP contribution in [0.2, 0.25) is 0 Å². The Labute approximate surface area is 199 Å². The highest BCUT2D eigenvalue weighted by Crippen LogP contribution is 2.11. The van der Waals surface area contributed by atoms with Crippen LogP contribution >= 0.6 is 0 Å². The van der Waals surface area contributed by atoms with Crippen molar-refractivity contribution in [2.24, 2.45) is 11.7 Å². The van der Waals surface area contributed by atoms with Crippen LogP contribution in [0.4, 0.5) is 4.79 Å². The molecule has 0 aliphatic carbocycles. The number of amides is 3. The van der Waals surface area contributed by atoms with Crippen molar-refractivity contribution in [1.29, 1.82) is 0 Å². The molecule has 0 saturated heterocycles. The van der Waals surface area contributed by atoms with E-state index in [4.69, 9.17) is 19.8 Å². The number of nitrogens with two attached hydrogens (primary N) is 1. The molecule has 3 amide bonds. The summed E-state index contributed by atoms with van der Waals surface area (Å²) < 4.78 is 16.6. The fourth-order valence-electron chi connectivity index (χ4n) is 3.03. The summed E-state index contributed by atoms with van der Waals surface area (Å²) in [6, 6.07) is -1.69. The summed E-state index contributed by atoms with van der Waals surface area (Å²) in [7, 11) is -0.599. The van der Waals surface area contributed by atoms with E-state index in [0.717, 1.165) is 12.8 Å². The van der Waals surface area contributed by atoms with E-state index in [0.29, 0.717) is 26.2 Å². The van der Waals surface area contributed by atoms with E-state index in [1.165, 1.54) is 6.92 Å². The lowest BCUT2D eigenvalue weighted by Crippen LogP contribution is -2.58. The molecule has 0 radical (unpaired) electrons. The number of nitrogens with one attached hydrogen (secondary N) is 3. The van der Waals surface area contributed by atoms with Crippen molar-refractivity contribution in [2.75, 3.05) is 19.8 Å². The molecule has 11 heteroatoms. The summed E-state index contributed by atoms with van der Waals surface area (Å²) in [5.41, 5.74) is 4.93.